The average molecular weight is 276 g/mol. The molecule has 0 spiro atoms. The largest absolute Gasteiger partial charge is 0.378 e. The van der Waals surface area contributed by atoms with Gasteiger partial charge in [-0.15, -0.1) is 0 Å². The molecule has 0 aliphatic carbocycles. The molecule has 2 amide bonds. The van der Waals surface area contributed by atoms with Crippen molar-refractivity contribution in [1.29, 1.82) is 0 Å². The predicted molar refractivity (Wildman–Crippen MR) is 76.5 cm³/mol. The maximum atomic E-state index is 12.1. The van der Waals surface area contributed by atoms with Crippen LogP contribution in [0.2, 0.25) is 0 Å². The van der Waals surface area contributed by atoms with E-state index in [1.807, 2.05) is 36.1 Å². The van der Waals surface area contributed by atoms with Crippen LogP contribution < -0.4 is 5.32 Å². The van der Waals surface area contributed by atoms with Crippen LogP contribution in [0.1, 0.15) is 18.9 Å². The molecule has 0 atom stereocenters. The van der Waals surface area contributed by atoms with Gasteiger partial charge in [-0.2, -0.15) is 0 Å². The molecule has 20 heavy (non-hydrogen) atoms. The molecule has 1 heterocycles. The lowest BCUT2D eigenvalue weighted by Crippen LogP contribution is -2.41. The van der Waals surface area contributed by atoms with Crippen molar-refractivity contribution >= 4 is 17.5 Å². The Morgan fingerprint density at radius 1 is 1.20 bits per heavy atom. The van der Waals surface area contributed by atoms with Gasteiger partial charge in [0.15, 0.2) is 0 Å². The summed E-state index contributed by atoms with van der Waals surface area (Å²) in [7, 11) is 0. The van der Waals surface area contributed by atoms with Crippen LogP contribution in [0, 0.1) is 0 Å². The van der Waals surface area contributed by atoms with Gasteiger partial charge >= 0.3 is 0 Å². The number of nitrogens with one attached hydrogen (secondary N) is 1. The summed E-state index contributed by atoms with van der Waals surface area (Å²) in [5.74, 6) is 0.112. The standard InChI is InChI=1S/C15H20N2O3/c1-2-14(18)16-13-5-3-12(4-6-13)11-15(19)17-7-9-20-10-8-17/h3-6H,2,7-11H2,1H3,(H,16,18). The molecule has 1 fully saturated rings. The van der Waals surface area contributed by atoms with Gasteiger partial charge in [0.1, 0.15) is 0 Å². The number of morpholine rings is 1. The van der Waals surface area contributed by atoms with E-state index in [2.05, 4.69) is 5.32 Å². The fourth-order valence-electron chi connectivity index (χ4n) is 2.05. The topological polar surface area (TPSA) is 58.6 Å². The summed E-state index contributed by atoms with van der Waals surface area (Å²) in [6.07, 6.45) is 0.847. The van der Waals surface area contributed by atoms with Crippen LogP contribution in [0.4, 0.5) is 5.69 Å². The minimum atomic E-state index is -0.0119. The van der Waals surface area contributed by atoms with Crippen LogP contribution in [0.15, 0.2) is 24.3 Å². The van der Waals surface area contributed by atoms with Gasteiger partial charge in [-0.05, 0) is 17.7 Å². The summed E-state index contributed by atoms with van der Waals surface area (Å²) < 4.78 is 5.23. The zero-order chi connectivity index (χ0) is 14.4. The van der Waals surface area contributed by atoms with Gasteiger partial charge in [0.2, 0.25) is 11.8 Å². The van der Waals surface area contributed by atoms with Crippen molar-refractivity contribution in [2.75, 3.05) is 31.6 Å². The van der Waals surface area contributed by atoms with Gasteiger partial charge in [-0.3, -0.25) is 9.59 Å². The third-order valence-corrected chi connectivity index (χ3v) is 3.28. The van der Waals surface area contributed by atoms with E-state index in [1.165, 1.54) is 0 Å². The lowest BCUT2D eigenvalue weighted by atomic mass is 10.1. The van der Waals surface area contributed by atoms with E-state index in [0.717, 1.165) is 11.3 Å². The Hall–Kier alpha value is -1.88. The molecule has 1 N–H and O–H groups in total. The van der Waals surface area contributed by atoms with Crippen molar-refractivity contribution in [1.82, 2.24) is 4.90 Å². The second-order valence-electron chi connectivity index (χ2n) is 4.77. The Labute approximate surface area is 118 Å². The fraction of sp³-hybridized carbons (Fsp3) is 0.467. The zero-order valence-electron chi connectivity index (χ0n) is 11.7. The number of amides is 2. The highest BCUT2D eigenvalue weighted by atomic mass is 16.5. The summed E-state index contributed by atoms with van der Waals surface area (Å²) >= 11 is 0. The van der Waals surface area contributed by atoms with Gasteiger partial charge < -0.3 is 15.0 Å². The smallest absolute Gasteiger partial charge is 0.227 e. The summed E-state index contributed by atoms with van der Waals surface area (Å²) in [5.41, 5.74) is 1.72. The molecule has 5 heteroatoms. The first-order valence-corrected chi connectivity index (χ1v) is 6.93. The average Bonchev–Trinajstić information content (AvgIpc) is 2.50. The normalized spacial score (nSPS) is 14.9. The number of carbonyl (C=O) groups is 2. The van der Waals surface area contributed by atoms with Crippen molar-refractivity contribution in [3.05, 3.63) is 29.8 Å². The molecule has 2 rings (SSSR count). The molecule has 0 bridgehead atoms. The van der Waals surface area contributed by atoms with E-state index in [0.29, 0.717) is 39.1 Å². The van der Waals surface area contributed by atoms with Crippen LogP contribution in [-0.4, -0.2) is 43.0 Å². The summed E-state index contributed by atoms with van der Waals surface area (Å²) in [6, 6.07) is 7.41. The first kappa shape index (κ1) is 14.5. The van der Waals surface area contributed by atoms with Crippen LogP contribution in [0.25, 0.3) is 0 Å². The summed E-state index contributed by atoms with van der Waals surface area (Å²) in [6.45, 7) is 4.39. The Kier molecular flexibility index (Phi) is 5.12. The lowest BCUT2D eigenvalue weighted by Gasteiger charge is -2.26. The van der Waals surface area contributed by atoms with Gasteiger partial charge in [0.05, 0.1) is 19.6 Å². The number of hydrogen-bond acceptors (Lipinski definition) is 3. The van der Waals surface area contributed by atoms with Crippen molar-refractivity contribution in [3.8, 4) is 0 Å². The van der Waals surface area contributed by atoms with Crippen LogP contribution in [0.5, 0.6) is 0 Å². The lowest BCUT2D eigenvalue weighted by molar-refractivity contribution is -0.134. The predicted octanol–water partition coefficient (Wildman–Crippen LogP) is 1.44. The summed E-state index contributed by atoms with van der Waals surface area (Å²) in [4.78, 5) is 25.2. The van der Waals surface area contributed by atoms with Gasteiger partial charge in [-0.25, -0.2) is 0 Å². The maximum absolute atomic E-state index is 12.1. The molecule has 0 aromatic heterocycles. The first-order chi connectivity index (χ1) is 9.69. The number of ether oxygens (including phenoxy) is 1. The number of benzene rings is 1. The third kappa shape index (κ3) is 4.06. The van der Waals surface area contributed by atoms with Gasteiger partial charge in [0, 0.05) is 25.2 Å². The van der Waals surface area contributed by atoms with Gasteiger partial charge in [0.25, 0.3) is 0 Å². The molecule has 5 nitrogen and oxygen atoms in total. The second kappa shape index (κ2) is 7.05. The Balaban J connectivity index is 1.89. The molecular formula is C15H20N2O3. The number of anilines is 1. The zero-order valence-corrected chi connectivity index (χ0v) is 11.7. The highest BCUT2D eigenvalue weighted by Gasteiger charge is 2.16. The molecule has 0 unspecified atom stereocenters. The molecule has 0 radical (unpaired) electrons. The van der Waals surface area contributed by atoms with E-state index in [-0.39, 0.29) is 11.8 Å². The Morgan fingerprint density at radius 2 is 1.85 bits per heavy atom. The van der Waals surface area contributed by atoms with Crippen molar-refractivity contribution in [2.45, 2.75) is 19.8 Å². The van der Waals surface area contributed by atoms with E-state index >= 15 is 0 Å². The molecule has 1 saturated heterocycles. The molecule has 0 saturated carbocycles. The SMILES string of the molecule is CCC(=O)Nc1ccc(CC(=O)N2CCOCC2)cc1. The quantitative estimate of drug-likeness (QED) is 0.905. The molecule has 108 valence electrons. The molecule has 1 aromatic rings. The fourth-order valence-corrected chi connectivity index (χ4v) is 2.05. The minimum absolute atomic E-state index is 0.0119. The van der Waals surface area contributed by atoms with Crippen LogP contribution in [0.3, 0.4) is 0 Å². The molecule has 1 aromatic carbocycles. The molecule has 1 aliphatic rings. The highest BCUT2D eigenvalue weighted by molar-refractivity contribution is 5.90. The summed E-state index contributed by atoms with van der Waals surface area (Å²) in [5, 5.41) is 2.78. The first-order valence-electron chi connectivity index (χ1n) is 6.93. The van der Waals surface area contributed by atoms with Crippen LogP contribution in [-0.2, 0) is 20.7 Å². The monoisotopic (exact) mass is 276 g/mol. The minimum Gasteiger partial charge on any atom is -0.378 e. The van der Waals surface area contributed by atoms with Crippen molar-refractivity contribution < 1.29 is 14.3 Å². The van der Waals surface area contributed by atoms with E-state index in [9.17, 15) is 9.59 Å². The number of hydrogen-bond donors (Lipinski definition) is 1. The number of nitrogens with zero attached hydrogens (tertiary/aromatic N) is 1. The van der Waals surface area contributed by atoms with Gasteiger partial charge in [-0.1, -0.05) is 19.1 Å². The molecular weight excluding hydrogens is 256 g/mol. The number of carbonyl (C=O) groups excluding carboxylic acids is 2. The van der Waals surface area contributed by atoms with E-state index in [4.69, 9.17) is 4.74 Å². The Bertz CT molecular complexity index is 465. The highest BCUT2D eigenvalue weighted by Crippen LogP contribution is 2.12. The van der Waals surface area contributed by atoms with E-state index in [1.54, 1.807) is 0 Å². The van der Waals surface area contributed by atoms with Crippen molar-refractivity contribution in [3.63, 3.8) is 0 Å². The number of rotatable bonds is 4. The van der Waals surface area contributed by atoms with Crippen LogP contribution >= 0.6 is 0 Å². The second-order valence-corrected chi connectivity index (χ2v) is 4.77. The maximum Gasteiger partial charge on any atom is 0.227 e. The van der Waals surface area contributed by atoms with E-state index < -0.39 is 0 Å². The molecule has 1 aliphatic heterocycles. The van der Waals surface area contributed by atoms with Crippen molar-refractivity contribution in [2.24, 2.45) is 0 Å². The Morgan fingerprint density at radius 3 is 2.45 bits per heavy atom. The third-order valence-electron chi connectivity index (χ3n) is 3.28.